The van der Waals surface area contributed by atoms with Crippen molar-refractivity contribution in [3.8, 4) is 0 Å². The van der Waals surface area contributed by atoms with Gasteiger partial charge < -0.3 is 38.5 Å². The fraction of sp³-hybridized carbons (Fsp3) is 0.560. The minimum Gasteiger partial charge on any atom is -0.455 e. The van der Waals surface area contributed by atoms with E-state index in [0.29, 0.717) is 31.9 Å². The minimum absolute atomic E-state index is 0.136. The van der Waals surface area contributed by atoms with Crippen molar-refractivity contribution in [3.63, 3.8) is 0 Å². The summed E-state index contributed by atoms with van der Waals surface area (Å²) < 4.78 is 22.6. The van der Waals surface area contributed by atoms with Gasteiger partial charge in [0.25, 0.3) is 0 Å². The molecule has 2 amide bonds. The van der Waals surface area contributed by atoms with Crippen LogP contribution < -0.4 is 9.80 Å². The third-order valence-corrected chi connectivity index (χ3v) is 12.0. The Morgan fingerprint density at radius 1 is 0.623 bits per heavy atom. The molecule has 4 aliphatic rings. The van der Waals surface area contributed by atoms with Gasteiger partial charge in [-0.1, -0.05) is 24.3 Å². The maximum Gasteiger partial charge on any atom is 0.359 e. The van der Waals surface area contributed by atoms with Crippen molar-refractivity contribution in [2.75, 3.05) is 115 Å². The summed E-state index contributed by atoms with van der Waals surface area (Å²) in [6.07, 6.45) is 3.04. The third kappa shape index (κ3) is 16.3. The highest BCUT2D eigenvalue weighted by molar-refractivity contribution is 6.62. The number of hydrogen-bond acceptors (Lipinski definition) is 14. The highest BCUT2D eigenvalue weighted by Crippen LogP contribution is 2.27. The van der Waals surface area contributed by atoms with Gasteiger partial charge >= 0.3 is 23.3 Å². The molecule has 2 aromatic heterocycles. The minimum atomic E-state index is -0.611. The predicted octanol–water partition coefficient (Wildman–Crippen LogP) is 6.44. The second-order valence-electron chi connectivity index (χ2n) is 19.6. The quantitative estimate of drug-likeness (QED) is 0.116. The summed E-state index contributed by atoms with van der Waals surface area (Å²) in [6, 6.07) is 16.2. The summed E-state index contributed by atoms with van der Waals surface area (Å²) >= 11 is 5.56. The molecule has 4 saturated heterocycles. The van der Waals surface area contributed by atoms with Crippen LogP contribution in [0.1, 0.15) is 84.8 Å². The molecular formula is C50H71ClN10O8. The summed E-state index contributed by atoms with van der Waals surface area (Å²) in [4.78, 5) is 60.7. The van der Waals surface area contributed by atoms with Gasteiger partial charge in [-0.05, 0) is 114 Å². The molecule has 0 atom stereocenters. The van der Waals surface area contributed by atoms with Crippen LogP contribution in [0.4, 0.5) is 21.0 Å². The molecule has 0 spiro atoms. The van der Waals surface area contributed by atoms with E-state index in [1.54, 1.807) is 36.6 Å². The first-order chi connectivity index (χ1) is 32.8. The summed E-state index contributed by atoms with van der Waals surface area (Å²) in [5.41, 5.74) is 7.25. The maximum absolute atomic E-state index is 12.9. The van der Waals surface area contributed by atoms with Crippen molar-refractivity contribution < 1.29 is 38.1 Å². The predicted molar refractivity (Wildman–Crippen MR) is 265 cm³/mol. The number of aromatic amines is 1. The number of amides is 2. The van der Waals surface area contributed by atoms with Gasteiger partial charge in [0.15, 0.2) is 5.69 Å². The number of ether oxygens (including phenoxy) is 4. The Kier molecular flexibility index (Phi) is 18.6. The number of halogens is 1. The van der Waals surface area contributed by atoms with Gasteiger partial charge in [0.1, 0.15) is 16.9 Å². The normalized spacial score (nSPS) is 17.3. The number of rotatable bonds is 8. The van der Waals surface area contributed by atoms with E-state index in [1.165, 1.54) is 56.8 Å². The smallest absolute Gasteiger partial charge is 0.359 e. The Morgan fingerprint density at radius 2 is 1.09 bits per heavy atom. The number of anilines is 2. The summed E-state index contributed by atoms with van der Waals surface area (Å²) in [5.74, 6) is -0.905. The first kappa shape index (κ1) is 52.8. The lowest BCUT2D eigenvalue weighted by Gasteiger charge is -2.36. The molecule has 6 heterocycles. The van der Waals surface area contributed by atoms with Crippen LogP contribution in [-0.2, 0) is 32.0 Å². The van der Waals surface area contributed by atoms with Crippen molar-refractivity contribution in [1.82, 2.24) is 39.6 Å². The number of benzene rings is 2. The standard InChI is InChI=1S/C25H35N5O4.C17H24ClN3O2.C8H12N2O2/c1-19-5-6-20(22(17-19)28-13-15-33-16-14-28)18-27-9-11-29(12-10-27)24(32)30-8-7-21(26-30)23(31)34-25(2,3)4;1-14-2-3-15(16(12-14)20-8-10-23-11-9-20)13-19-4-6-21(7-5-19)17(18)22;1-8(2,3)12-7(11)6-4-5-9-10-6/h5-8,17H,9-16,18H2,1-4H3;2-3,12H,4-11,13H2,1H3;4-5H,1-3H3,(H,9,10). The molecule has 1 N–H and O–H groups in total. The molecule has 4 aromatic rings. The van der Waals surface area contributed by atoms with Gasteiger partial charge in [-0.3, -0.25) is 19.7 Å². The van der Waals surface area contributed by atoms with E-state index in [2.05, 4.69) is 85.1 Å². The second-order valence-corrected chi connectivity index (χ2v) is 20.0. The fourth-order valence-corrected chi connectivity index (χ4v) is 8.36. The number of piperazine rings is 2. The molecule has 2 aromatic carbocycles. The van der Waals surface area contributed by atoms with Crippen molar-refractivity contribution in [1.29, 1.82) is 0 Å². The summed E-state index contributed by atoms with van der Waals surface area (Å²) in [5, 5.41) is 9.99. The number of carbonyl (C=O) groups is 4. The Hall–Kier alpha value is -5.53. The summed E-state index contributed by atoms with van der Waals surface area (Å²) in [6.45, 7) is 29.7. The SMILES string of the molecule is CC(C)(C)OC(=O)c1ccn[nH]1.Cc1ccc(CN2CCN(C(=O)Cl)CC2)c(N2CCOCC2)c1.Cc1ccc(CN2CCN(C(=O)n3ccc(C(=O)OC(C)(C)C)n3)CC2)c(N2CCOCC2)c1. The van der Waals surface area contributed by atoms with Crippen LogP contribution in [0.2, 0.25) is 0 Å². The Labute approximate surface area is 411 Å². The van der Waals surface area contributed by atoms with Crippen LogP contribution in [0.15, 0.2) is 60.9 Å². The molecule has 0 bridgehead atoms. The Bertz CT molecular complexity index is 2300. The van der Waals surface area contributed by atoms with Gasteiger partial charge in [0, 0.05) is 115 Å². The first-order valence-corrected chi connectivity index (χ1v) is 24.2. The number of morpholine rings is 2. The molecule has 69 heavy (non-hydrogen) atoms. The molecule has 0 radical (unpaired) electrons. The molecule has 4 fully saturated rings. The van der Waals surface area contributed by atoms with Crippen molar-refractivity contribution in [2.45, 2.75) is 79.7 Å². The number of nitrogens with one attached hydrogen (secondary N) is 1. The lowest BCUT2D eigenvalue weighted by Crippen LogP contribution is -2.49. The zero-order valence-corrected chi connectivity index (χ0v) is 42.4. The number of esters is 2. The van der Waals surface area contributed by atoms with Crippen LogP contribution in [0.25, 0.3) is 0 Å². The van der Waals surface area contributed by atoms with Crippen LogP contribution in [-0.4, -0.2) is 179 Å². The van der Waals surface area contributed by atoms with Gasteiger partial charge in [-0.15, -0.1) is 0 Å². The molecule has 19 heteroatoms. The summed E-state index contributed by atoms with van der Waals surface area (Å²) in [7, 11) is 0. The van der Waals surface area contributed by atoms with Crippen LogP contribution in [0.3, 0.4) is 0 Å². The highest BCUT2D eigenvalue weighted by atomic mass is 35.5. The van der Waals surface area contributed by atoms with Gasteiger partial charge in [0.2, 0.25) is 0 Å². The second kappa shape index (κ2) is 24.3. The van der Waals surface area contributed by atoms with Crippen LogP contribution in [0.5, 0.6) is 0 Å². The lowest BCUT2D eigenvalue weighted by atomic mass is 10.1. The Balaban J connectivity index is 0.000000191. The molecule has 376 valence electrons. The zero-order valence-electron chi connectivity index (χ0n) is 41.7. The first-order valence-electron chi connectivity index (χ1n) is 23.9. The highest BCUT2D eigenvalue weighted by Gasteiger charge is 2.27. The average Bonchev–Trinajstić information content (AvgIpc) is 4.05. The van der Waals surface area contributed by atoms with Crippen molar-refractivity contribution in [2.24, 2.45) is 0 Å². The zero-order chi connectivity index (χ0) is 49.7. The third-order valence-electron chi connectivity index (χ3n) is 11.7. The van der Waals surface area contributed by atoms with Crippen LogP contribution in [0, 0.1) is 13.8 Å². The van der Waals surface area contributed by atoms with E-state index in [4.69, 9.17) is 30.5 Å². The molecule has 4 aliphatic heterocycles. The molecule has 8 rings (SSSR count). The average molecular weight is 976 g/mol. The van der Waals surface area contributed by atoms with Gasteiger partial charge in [-0.2, -0.15) is 14.9 Å². The number of aromatic nitrogens is 4. The topological polar surface area (TPSA) is 171 Å². The van der Waals surface area contributed by atoms with Crippen molar-refractivity contribution >= 4 is 46.3 Å². The van der Waals surface area contributed by atoms with E-state index in [9.17, 15) is 19.2 Å². The molecule has 18 nitrogen and oxygen atoms in total. The van der Waals surface area contributed by atoms with Gasteiger partial charge in [0.05, 0.1) is 26.4 Å². The number of hydrogen-bond donors (Lipinski definition) is 1. The fourth-order valence-electron chi connectivity index (χ4n) is 8.19. The lowest BCUT2D eigenvalue weighted by molar-refractivity contribution is 0.00501. The molecule has 0 unspecified atom stereocenters. The van der Waals surface area contributed by atoms with E-state index < -0.39 is 17.2 Å². The number of nitrogens with zero attached hydrogens (tertiary/aromatic N) is 9. The molecule has 0 aliphatic carbocycles. The number of H-pyrrole nitrogens is 1. The monoisotopic (exact) mass is 975 g/mol. The van der Waals surface area contributed by atoms with E-state index >= 15 is 0 Å². The number of aryl methyl sites for hydroxylation is 2. The largest absolute Gasteiger partial charge is 0.455 e. The van der Waals surface area contributed by atoms with Gasteiger partial charge in [-0.25, -0.2) is 14.4 Å². The maximum atomic E-state index is 12.9. The Morgan fingerprint density at radius 3 is 1.52 bits per heavy atom. The van der Waals surface area contributed by atoms with E-state index in [1.807, 2.05) is 20.8 Å². The van der Waals surface area contributed by atoms with Crippen LogP contribution >= 0.6 is 11.6 Å². The van der Waals surface area contributed by atoms with Crippen molar-refractivity contribution in [3.05, 3.63) is 94.6 Å². The van der Waals surface area contributed by atoms with E-state index in [0.717, 1.165) is 91.9 Å². The molecular weight excluding hydrogens is 904 g/mol. The van der Waals surface area contributed by atoms with E-state index in [-0.39, 0.29) is 23.1 Å². The number of carbonyl (C=O) groups excluding carboxylic acids is 4. The molecule has 0 saturated carbocycles.